The van der Waals surface area contributed by atoms with Crippen LogP contribution < -0.4 is 5.32 Å². The van der Waals surface area contributed by atoms with Crippen molar-refractivity contribution in [2.75, 3.05) is 13.1 Å². The maximum atomic E-state index is 11.7. The van der Waals surface area contributed by atoms with Crippen LogP contribution in [-0.4, -0.2) is 26.4 Å². The summed E-state index contributed by atoms with van der Waals surface area (Å²) < 4.78 is 23.5. The van der Waals surface area contributed by atoms with Gasteiger partial charge in [0.2, 0.25) is 10.3 Å². The molecule has 0 amide bonds. The summed E-state index contributed by atoms with van der Waals surface area (Å²) in [5.41, 5.74) is 3.59. The van der Waals surface area contributed by atoms with E-state index in [-0.39, 0.29) is 5.92 Å². The van der Waals surface area contributed by atoms with E-state index < -0.39 is 10.3 Å². The highest BCUT2D eigenvalue weighted by Gasteiger charge is 2.25. The van der Waals surface area contributed by atoms with Crippen LogP contribution in [0.5, 0.6) is 0 Å². The van der Waals surface area contributed by atoms with Crippen LogP contribution in [0.2, 0.25) is 0 Å². The fraction of sp³-hybridized carbons (Fsp3) is 0.533. The number of hydrogen-bond donors (Lipinski definition) is 1. The van der Waals surface area contributed by atoms with Crippen molar-refractivity contribution in [2.24, 2.45) is 5.92 Å². The average Bonchev–Trinajstić information content (AvgIpc) is 2.89. The molecule has 1 heterocycles. The smallest absolute Gasteiger partial charge is 0.218 e. The van der Waals surface area contributed by atoms with Gasteiger partial charge in [-0.1, -0.05) is 18.2 Å². The molecule has 1 aliphatic heterocycles. The van der Waals surface area contributed by atoms with Crippen LogP contribution >= 0.6 is 0 Å². The second-order valence-corrected chi connectivity index (χ2v) is 6.35. The standard InChI is InChI=1S/C15H19NO2S/c17-19(18)15(12-6-3-9-16-10-12)14-8-2-5-11-4-1-7-13(11)14/h2,5,8,12,16H,1,3-4,6-7,9-10H2. The van der Waals surface area contributed by atoms with Gasteiger partial charge in [-0.15, -0.1) is 0 Å². The zero-order chi connectivity index (χ0) is 13.2. The van der Waals surface area contributed by atoms with Gasteiger partial charge in [0.25, 0.3) is 0 Å². The molecule has 1 aliphatic carbocycles. The lowest BCUT2D eigenvalue weighted by Crippen LogP contribution is -2.35. The molecule has 0 saturated carbocycles. The summed E-state index contributed by atoms with van der Waals surface area (Å²) in [7, 11) is -2.12. The minimum Gasteiger partial charge on any atom is -0.316 e. The minimum atomic E-state index is -2.12. The number of fused-ring (bicyclic) bond motifs is 1. The summed E-state index contributed by atoms with van der Waals surface area (Å²) >= 11 is 0. The number of hydrogen-bond acceptors (Lipinski definition) is 3. The van der Waals surface area contributed by atoms with Gasteiger partial charge in [-0.05, 0) is 55.3 Å². The first-order chi connectivity index (χ1) is 9.27. The third-order valence-electron chi connectivity index (χ3n) is 4.26. The molecule has 0 spiro atoms. The first-order valence-electron chi connectivity index (χ1n) is 7.05. The van der Waals surface area contributed by atoms with E-state index in [1.54, 1.807) is 0 Å². The number of aryl methyl sites for hydroxylation is 1. The first kappa shape index (κ1) is 12.9. The molecule has 1 fully saturated rings. The molecule has 3 rings (SSSR count). The van der Waals surface area contributed by atoms with E-state index in [0.29, 0.717) is 4.86 Å². The molecule has 102 valence electrons. The number of nitrogens with one attached hydrogen (secondary N) is 1. The minimum absolute atomic E-state index is 0.138. The van der Waals surface area contributed by atoms with Crippen LogP contribution in [0.1, 0.15) is 36.0 Å². The van der Waals surface area contributed by atoms with Crippen molar-refractivity contribution in [2.45, 2.75) is 32.1 Å². The Labute approximate surface area is 115 Å². The monoisotopic (exact) mass is 277 g/mol. The Morgan fingerprint density at radius 1 is 1.21 bits per heavy atom. The van der Waals surface area contributed by atoms with E-state index in [4.69, 9.17) is 0 Å². The number of piperidine rings is 1. The summed E-state index contributed by atoms with van der Waals surface area (Å²) in [6, 6.07) is 6.13. The second kappa shape index (κ2) is 5.47. The molecule has 0 radical (unpaired) electrons. The van der Waals surface area contributed by atoms with E-state index in [1.165, 1.54) is 11.1 Å². The summed E-state index contributed by atoms with van der Waals surface area (Å²) in [6.45, 7) is 1.79. The van der Waals surface area contributed by atoms with Gasteiger partial charge in [-0.25, -0.2) is 0 Å². The lowest BCUT2D eigenvalue weighted by atomic mass is 9.89. The van der Waals surface area contributed by atoms with Gasteiger partial charge in [0.05, 0.1) is 4.86 Å². The molecule has 3 nitrogen and oxygen atoms in total. The normalized spacial score (nSPS) is 22.0. The lowest BCUT2D eigenvalue weighted by Gasteiger charge is -2.24. The molecule has 19 heavy (non-hydrogen) atoms. The van der Waals surface area contributed by atoms with Crippen molar-refractivity contribution >= 4 is 15.2 Å². The number of benzene rings is 1. The van der Waals surface area contributed by atoms with Gasteiger partial charge < -0.3 is 5.32 Å². The SMILES string of the molecule is O=S(=O)=C(c1cccc2c1CCC2)C1CCCNC1. The van der Waals surface area contributed by atoms with Gasteiger partial charge in [0.1, 0.15) is 0 Å². The predicted molar refractivity (Wildman–Crippen MR) is 77.1 cm³/mol. The molecule has 4 heteroatoms. The molecule has 1 unspecified atom stereocenters. The van der Waals surface area contributed by atoms with Crippen molar-refractivity contribution in [1.29, 1.82) is 0 Å². The molecule has 1 aromatic rings. The third-order valence-corrected chi connectivity index (χ3v) is 5.17. The van der Waals surface area contributed by atoms with Crippen molar-refractivity contribution in [3.05, 3.63) is 34.9 Å². The highest BCUT2D eigenvalue weighted by Crippen LogP contribution is 2.28. The molecule has 0 aromatic heterocycles. The van der Waals surface area contributed by atoms with Crippen molar-refractivity contribution in [3.8, 4) is 0 Å². The molecular formula is C15H19NO2S. The van der Waals surface area contributed by atoms with Crippen LogP contribution in [0.4, 0.5) is 0 Å². The van der Waals surface area contributed by atoms with Crippen molar-refractivity contribution in [1.82, 2.24) is 5.32 Å². The average molecular weight is 277 g/mol. The van der Waals surface area contributed by atoms with Crippen LogP contribution in [0.3, 0.4) is 0 Å². The third kappa shape index (κ3) is 2.47. The Kier molecular flexibility index (Phi) is 3.71. The van der Waals surface area contributed by atoms with Crippen LogP contribution in [0, 0.1) is 5.92 Å². The van der Waals surface area contributed by atoms with E-state index in [2.05, 4.69) is 11.4 Å². The molecular weight excluding hydrogens is 258 g/mol. The van der Waals surface area contributed by atoms with E-state index >= 15 is 0 Å². The first-order valence-corrected chi connectivity index (χ1v) is 8.13. The largest absolute Gasteiger partial charge is 0.316 e. The Morgan fingerprint density at radius 2 is 2.11 bits per heavy atom. The maximum absolute atomic E-state index is 11.7. The quantitative estimate of drug-likeness (QED) is 0.659. The summed E-state index contributed by atoms with van der Waals surface area (Å²) in [5.74, 6) is 0.138. The molecule has 1 aromatic carbocycles. The van der Waals surface area contributed by atoms with Crippen molar-refractivity contribution < 1.29 is 8.42 Å². The van der Waals surface area contributed by atoms with Crippen molar-refractivity contribution in [3.63, 3.8) is 0 Å². The van der Waals surface area contributed by atoms with Gasteiger partial charge >= 0.3 is 0 Å². The van der Waals surface area contributed by atoms with Gasteiger partial charge in [-0.3, -0.25) is 0 Å². The number of rotatable bonds is 2. The second-order valence-electron chi connectivity index (χ2n) is 5.44. The molecule has 1 atom stereocenters. The van der Waals surface area contributed by atoms with Gasteiger partial charge in [-0.2, -0.15) is 8.42 Å². The lowest BCUT2D eigenvalue weighted by molar-refractivity contribution is 0.460. The zero-order valence-corrected chi connectivity index (χ0v) is 11.8. The summed E-state index contributed by atoms with van der Waals surface area (Å²) in [4.78, 5) is 0.631. The fourth-order valence-corrected chi connectivity index (χ4v) is 4.22. The summed E-state index contributed by atoms with van der Waals surface area (Å²) in [6.07, 6.45) is 5.28. The maximum Gasteiger partial charge on any atom is 0.218 e. The summed E-state index contributed by atoms with van der Waals surface area (Å²) in [5, 5.41) is 3.31. The Hall–Kier alpha value is -1.13. The van der Waals surface area contributed by atoms with Crippen LogP contribution in [0.25, 0.3) is 0 Å². The molecule has 0 bridgehead atoms. The Bertz CT molecular complexity index is 605. The highest BCUT2D eigenvalue weighted by atomic mass is 32.2. The zero-order valence-electron chi connectivity index (χ0n) is 11.0. The molecule has 2 aliphatic rings. The Morgan fingerprint density at radius 3 is 2.84 bits per heavy atom. The van der Waals surface area contributed by atoms with E-state index in [1.807, 2.05) is 12.1 Å². The Balaban J connectivity index is 2.07. The topological polar surface area (TPSA) is 46.2 Å². The predicted octanol–water partition coefficient (Wildman–Crippen LogP) is 1.57. The van der Waals surface area contributed by atoms with Crippen LogP contribution in [-0.2, 0) is 23.1 Å². The van der Waals surface area contributed by atoms with E-state index in [0.717, 1.165) is 50.8 Å². The van der Waals surface area contributed by atoms with Gasteiger partial charge in [0.15, 0.2) is 0 Å². The van der Waals surface area contributed by atoms with E-state index in [9.17, 15) is 8.42 Å². The van der Waals surface area contributed by atoms with Gasteiger partial charge in [0, 0.05) is 12.5 Å². The fourth-order valence-electron chi connectivity index (χ4n) is 3.37. The molecule has 1 N–H and O–H groups in total. The van der Waals surface area contributed by atoms with Crippen LogP contribution in [0.15, 0.2) is 18.2 Å². The highest BCUT2D eigenvalue weighted by molar-refractivity contribution is 7.73. The molecule has 1 saturated heterocycles.